The molecular weight excluding hydrogens is 634 g/mol. The molecule has 0 saturated heterocycles. The van der Waals surface area contributed by atoms with Crippen molar-refractivity contribution in [3.8, 4) is 0 Å². The van der Waals surface area contributed by atoms with Crippen LogP contribution in [0.4, 0.5) is 4.79 Å². The minimum atomic E-state index is -1.31. The van der Waals surface area contributed by atoms with Crippen LogP contribution in [0.2, 0.25) is 5.02 Å². The summed E-state index contributed by atoms with van der Waals surface area (Å²) in [6.45, 7) is 8.44. The van der Waals surface area contributed by atoms with Gasteiger partial charge < -0.3 is 35.3 Å². The van der Waals surface area contributed by atoms with Crippen LogP contribution in [0.25, 0.3) is 0 Å². The van der Waals surface area contributed by atoms with E-state index in [0.29, 0.717) is 36.4 Å². The van der Waals surface area contributed by atoms with Crippen molar-refractivity contribution in [3.63, 3.8) is 0 Å². The maximum atomic E-state index is 13.3. The number of rotatable bonds is 18. The average Bonchev–Trinajstić information content (AvgIpc) is 3.05. The van der Waals surface area contributed by atoms with Gasteiger partial charge in [0.05, 0.1) is 25.9 Å². The van der Waals surface area contributed by atoms with Crippen LogP contribution in [0.5, 0.6) is 0 Å². The second-order valence-electron chi connectivity index (χ2n) is 12.4. The number of esters is 1. The van der Waals surface area contributed by atoms with Gasteiger partial charge in [0, 0.05) is 34.8 Å². The Morgan fingerprint density at radius 3 is 2.10 bits per heavy atom. The van der Waals surface area contributed by atoms with Gasteiger partial charge in [-0.2, -0.15) is 0 Å². The number of alkyl carbamates (subject to hydrolysis) is 1. The smallest absolute Gasteiger partial charge is 0.407 e. The third-order valence-corrected chi connectivity index (χ3v) is 7.57. The van der Waals surface area contributed by atoms with Crippen LogP contribution >= 0.6 is 11.6 Å². The number of hydrogen-bond acceptors (Lipinski definition) is 8. The molecule has 0 aliphatic rings. The van der Waals surface area contributed by atoms with Gasteiger partial charge in [0.15, 0.2) is 5.60 Å². The standard InChI is InChI=1S/C37H48ClN3O7/c1-27-17-19-29(20-18-27)37(28-12-6-5-7-13-28,30-14-8-9-15-31(30)38)47-33(42)26-46-25-24-45-23-22-40-34(43)32(39)16-10-11-21-41-35(44)48-36(2,3)4/h5-9,12-15,17-20,32H,10-11,16,21-26,39H2,1-4H3,(H,40,43)(H,41,44)/t32-,37?/m0/s1. The lowest BCUT2D eigenvalue weighted by molar-refractivity contribution is -0.159. The number of benzene rings is 3. The number of nitrogens with two attached hydrogens (primary N) is 1. The van der Waals surface area contributed by atoms with Crippen LogP contribution in [0.1, 0.15) is 62.3 Å². The topological polar surface area (TPSA) is 138 Å². The molecule has 0 radical (unpaired) electrons. The van der Waals surface area contributed by atoms with E-state index in [9.17, 15) is 14.4 Å². The van der Waals surface area contributed by atoms with Crippen LogP contribution in [0, 0.1) is 6.92 Å². The summed E-state index contributed by atoms with van der Waals surface area (Å²) in [7, 11) is 0. The molecule has 0 heterocycles. The first-order chi connectivity index (χ1) is 22.9. The lowest BCUT2D eigenvalue weighted by Crippen LogP contribution is -2.42. The first-order valence-corrected chi connectivity index (χ1v) is 16.6. The highest BCUT2D eigenvalue weighted by Crippen LogP contribution is 2.43. The Bertz CT molecular complexity index is 1450. The summed E-state index contributed by atoms with van der Waals surface area (Å²) in [5, 5.41) is 5.90. The molecule has 48 heavy (non-hydrogen) atoms. The first-order valence-electron chi connectivity index (χ1n) is 16.2. The van der Waals surface area contributed by atoms with Gasteiger partial charge in [-0.05, 0) is 53.0 Å². The number of hydrogen-bond donors (Lipinski definition) is 3. The fraction of sp³-hybridized carbons (Fsp3) is 0.432. The second kappa shape index (κ2) is 19.1. The molecular formula is C37H48ClN3O7. The number of carbonyl (C=O) groups excluding carboxylic acids is 3. The van der Waals surface area contributed by atoms with Gasteiger partial charge in [-0.3, -0.25) is 4.79 Å². The number of ether oxygens (including phenoxy) is 4. The molecule has 0 bridgehead atoms. The third kappa shape index (κ3) is 12.2. The normalized spacial score (nSPS) is 13.2. The Kier molecular flexibility index (Phi) is 15.3. The van der Waals surface area contributed by atoms with Crippen LogP contribution in [-0.2, 0) is 34.1 Å². The SMILES string of the molecule is Cc1ccc(C(OC(=O)COCCOCCNC(=O)[C@@H](N)CCCCNC(=O)OC(C)(C)C)(c2ccccc2)c2ccccc2Cl)cc1. The number of carbonyl (C=O) groups is 3. The number of nitrogens with one attached hydrogen (secondary N) is 2. The zero-order valence-corrected chi connectivity index (χ0v) is 29.0. The molecule has 11 heteroatoms. The highest BCUT2D eigenvalue weighted by molar-refractivity contribution is 6.31. The van der Waals surface area contributed by atoms with Crippen LogP contribution in [0.3, 0.4) is 0 Å². The van der Waals surface area contributed by atoms with Crippen molar-refractivity contribution < 1.29 is 33.3 Å². The molecule has 0 fully saturated rings. The van der Waals surface area contributed by atoms with Crippen molar-refractivity contribution in [1.29, 1.82) is 0 Å². The van der Waals surface area contributed by atoms with Gasteiger partial charge in [0.2, 0.25) is 5.91 Å². The second-order valence-corrected chi connectivity index (χ2v) is 12.8. The summed E-state index contributed by atoms with van der Waals surface area (Å²) in [5.74, 6) is -0.840. The number of amides is 2. The van der Waals surface area contributed by atoms with Crippen molar-refractivity contribution in [1.82, 2.24) is 10.6 Å². The molecule has 0 aliphatic heterocycles. The Morgan fingerprint density at radius 1 is 0.771 bits per heavy atom. The van der Waals surface area contributed by atoms with E-state index in [2.05, 4.69) is 10.6 Å². The number of unbranched alkanes of at least 4 members (excludes halogenated alkanes) is 1. The molecule has 2 atom stereocenters. The van der Waals surface area contributed by atoms with Crippen LogP contribution < -0.4 is 16.4 Å². The highest BCUT2D eigenvalue weighted by Gasteiger charge is 2.42. The summed E-state index contributed by atoms with van der Waals surface area (Å²) >= 11 is 6.72. The molecule has 0 spiro atoms. The summed E-state index contributed by atoms with van der Waals surface area (Å²) < 4.78 is 22.6. The van der Waals surface area contributed by atoms with Gasteiger partial charge in [0.1, 0.15) is 12.2 Å². The predicted molar refractivity (Wildman–Crippen MR) is 186 cm³/mol. The summed E-state index contributed by atoms with van der Waals surface area (Å²) in [5.41, 5.74) is 7.33. The Labute approximate surface area is 288 Å². The van der Waals surface area contributed by atoms with E-state index in [1.54, 1.807) is 26.8 Å². The first kappa shape index (κ1) is 38.5. The summed E-state index contributed by atoms with van der Waals surface area (Å²) in [4.78, 5) is 37.3. The predicted octanol–water partition coefficient (Wildman–Crippen LogP) is 5.66. The zero-order valence-electron chi connectivity index (χ0n) is 28.3. The van der Waals surface area contributed by atoms with E-state index < -0.39 is 29.3 Å². The molecule has 0 aromatic heterocycles. The van der Waals surface area contributed by atoms with Gasteiger partial charge in [-0.15, -0.1) is 0 Å². The van der Waals surface area contributed by atoms with E-state index in [4.69, 9.17) is 36.3 Å². The van der Waals surface area contributed by atoms with Crippen molar-refractivity contribution in [2.75, 3.05) is 39.5 Å². The molecule has 3 aromatic carbocycles. The van der Waals surface area contributed by atoms with E-state index >= 15 is 0 Å². The van der Waals surface area contributed by atoms with Crippen LogP contribution in [0.15, 0.2) is 78.9 Å². The quantitative estimate of drug-likeness (QED) is 0.0889. The van der Waals surface area contributed by atoms with Gasteiger partial charge >= 0.3 is 12.1 Å². The largest absolute Gasteiger partial charge is 0.444 e. The molecule has 3 aromatic rings. The Hall–Kier alpha value is -3.96. The maximum absolute atomic E-state index is 13.3. The number of halogens is 1. The molecule has 4 N–H and O–H groups in total. The van der Waals surface area contributed by atoms with Crippen molar-refractivity contribution in [3.05, 3.63) is 106 Å². The summed E-state index contributed by atoms with van der Waals surface area (Å²) in [6, 6.07) is 24.0. The lowest BCUT2D eigenvalue weighted by atomic mass is 9.79. The minimum absolute atomic E-state index is 0.148. The highest BCUT2D eigenvalue weighted by atomic mass is 35.5. The van der Waals surface area contributed by atoms with Gasteiger partial charge in [-0.25, -0.2) is 9.59 Å². The fourth-order valence-electron chi connectivity index (χ4n) is 4.94. The van der Waals surface area contributed by atoms with Gasteiger partial charge in [0.25, 0.3) is 0 Å². The maximum Gasteiger partial charge on any atom is 0.407 e. The van der Waals surface area contributed by atoms with Crippen molar-refractivity contribution in [2.24, 2.45) is 5.73 Å². The van der Waals surface area contributed by atoms with E-state index in [-0.39, 0.29) is 38.9 Å². The van der Waals surface area contributed by atoms with Crippen molar-refractivity contribution >= 4 is 29.6 Å². The van der Waals surface area contributed by atoms with E-state index in [1.807, 2.05) is 79.7 Å². The van der Waals surface area contributed by atoms with E-state index in [1.165, 1.54) is 0 Å². The molecule has 0 aliphatic carbocycles. The molecule has 260 valence electrons. The average molecular weight is 682 g/mol. The molecule has 1 unspecified atom stereocenters. The monoisotopic (exact) mass is 681 g/mol. The van der Waals surface area contributed by atoms with Gasteiger partial charge in [-0.1, -0.05) is 90.0 Å². The molecule has 3 rings (SSSR count). The number of aryl methyl sites for hydroxylation is 1. The fourth-order valence-corrected chi connectivity index (χ4v) is 5.21. The summed E-state index contributed by atoms with van der Waals surface area (Å²) in [6.07, 6.45) is 1.37. The van der Waals surface area contributed by atoms with Crippen molar-refractivity contribution in [2.45, 2.75) is 64.2 Å². The lowest BCUT2D eigenvalue weighted by Gasteiger charge is -2.36. The minimum Gasteiger partial charge on any atom is -0.444 e. The third-order valence-electron chi connectivity index (χ3n) is 7.24. The molecule has 2 amide bonds. The molecule has 10 nitrogen and oxygen atoms in total. The molecule has 0 saturated carbocycles. The van der Waals surface area contributed by atoms with Crippen LogP contribution in [-0.4, -0.2) is 69.1 Å². The zero-order chi connectivity index (χ0) is 35.0. The Morgan fingerprint density at radius 2 is 1.42 bits per heavy atom. The Balaban J connectivity index is 1.41. The van der Waals surface area contributed by atoms with E-state index in [0.717, 1.165) is 16.7 Å².